The van der Waals surface area contributed by atoms with E-state index < -0.39 is 49.4 Å². The van der Waals surface area contributed by atoms with Gasteiger partial charge in [0.15, 0.2) is 12.4 Å². The molecule has 1 heterocycles. The molecule has 310 valence electrons. The Hall–Kier alpha value is -1.82. The quantitative estimate of drug-likeness (QED) is 0.0278. The molecule has 1 aliphatic rings. The van der Waals surface area contributed by atoms with Gasteiger partial charge in [-0.3, -0.25) is 9.59 Å². The van der Waals surface area contributed by atoms with Crippen LogP contribution in [0.25, 0.3) is 0 Å². The molecule has 53 heavy (non-hydrogen) atoms. The summed E-state index contributed by atoms with van der Waals surface area (Å²) in [6.45, 7) is 4.92. The zero-order valence-corrected chi connectivity index (χ0v) is 33.4. The van der Waals surface area contributed by atoms with E-state index in [9.17, 15) is 30.0 Å². The second kappa shape index (κ2) is 34.7. The molecule has 10 nitrogen and oxygen atoms in total. The number of aliphatic hydroxyl groups is 4. The van der Waals surface area contributed by atoms with Crippen molar-refractivity contribution in [3.8, 4) is 0 Å². The molecule has 1 aliphatic heterocycles. The number of rotatable bonds is 36. The largest absolute Gasteiger partial charge is 0.462 e. The van der Waals surface area contributed by atoms with Crippen molar-refractivity contribution < 1.29 is 49.0 Å². The number of esters is 2. The molecular formula is C43H78O10. The number of ether oxygens (including phenoxy) is 4. The average Bonchev–Trinajstić information content (AvgIpc) is 3.15. The van der Waals surface area contributed by atoms with E-state index in [2.05, 4.69) is 25.7 Å². The van der Waals surface area contributed by atoms with Gasteiger partial charge < -0.3 is 39.4 Å². The van der Waals surface area contributed by atoms with Crippen molar-refractivity contribution in [1.82, 2.24) is 0 Å². The molecular weight excluding hydrogens is 676 g/mol. The number of carbonyl (C=O) groups is 2. The van der Waals surface area contributed by atoms with Crippen LogP contribution in [0.3, 0.4) is 0 Å². The molecule has 1 fully saturated rings. The fraction of sp³-hybridized carbons (Fsp3) is 0.860. The van der Waals surface area contributed by atoms with Crippen LogP contribution in [0.2, 0.25) is 0 Å². The first-order chi connectivity index (χ1) is 25.8. The summed E-state index contributed by atoms with van der Waals surface area (Å²) in [4.78, 5) is 25.2. The Morgan fingerprint density at radius 2 is 1.09 bits per heavy atom. The smallest absolute Gasteiger partial charge is 0.306 e. The molecule has 0 aliphatic carbocycles. The molecule has 0 saturated carbocycles. The standard InChI is InChI=1S/C43H78O10/c1-3-5-7-9-11-13-15-17-18-20-21-23-25-27-29-31-38(45)50-34-36(35-51-43-42(49)41(48)40(47)37(33-44)53-43)52-39(46)32-30-28-26-24-22-19-16-14-12-10-8-6-4-2/h3,14,16,36-37,40-44,47-49H,1,4-13,15,17-35H2,2H3/b16-14+/t36-,37-,40+,41?,42?,43-/m0/s1. The Balaban J connectivity index is 2.34. The number of hydrogen-bond donors (Lipinski definition) is 4. The van der Waals surface area contributed by atoms with Gasteiger partial charge in [0.1, 0.15) is 31.0 Å². The molecule has 10 heteroatoms. The molecule has 0 aromatic carbocycles. The summed E-state index contributed by atoms with van der Waals surface area (Å²) in [6, 6.07) is 0. The van der Waals surface area contributed by atoms with E-state index in [1.807, 2.05) is 6.08 Å². The highest BCUT2D eigenvalue weighted by atomic mass is 16.7. The third-order valence-corrected chi connectivity index (χ3v) is 9.96. The predicted molar refractivity (Wildman–Crippen MR) is 210 cm³/mol. The summed E-state index contributed by atoms with van der Waals surface area (Å²) < 4.78 is 22.1. The number of hydrogen-bond acceptors (Lipinski definition) is 10. The number of aliphatic hydroxyl groups excluding tert-OH is 4. The molecule has 0 radical (unpaired) electrons. The van der Waals surface area contributed by atoms with Gasteiger partial charge in [-0.25, -0.2) is 0 Å². The van der Waals surface area contributed by atoms with Crippen LogP contribution in [-0.4, -0.2) is 89.0 Å². The monoisotopic (exact) mass is 755 g/mol. The maximum absolute atomic E-state index is 12.7. The second-order valence-corrected chi connectivity index (χ2v) is 14.9. The fourth-order valence-corrected chi connectivity index (χ4v) is 6.52. The molecule has 1 saturated heterocycles. The lowest BCUT2D eigenvalue weighted by atomic mass is 9.99. The zero-order valence-electron chi connectivity index (χ0n) is 33.4. The van der Waals surface area contributed by atoms with Gasteiger partial charge in [0.2, 0.25) is 0 Å². The van der Waals surface area contributed by atoms with Crippen LogP contribution in [0.1, 0.15) is 180 Å². The minimum Gasteiger partial charge on any atom is -0.462 e. The van der Waals surface area contributed by atoms with E-state index in [1.54, 1.807) is 0 Å². The van der Waals surface area contributed by atoms with Gasteiger partial charge in [-0.2, -0.15) is 0 Å². The van der Waals surface area contributed by atoms with Gasteiger partial charge in [-0.05, 0) is 51.4 Å². The molecule has 0 bridgehead atoms. The van der Waals surface area contributed by atoms with Crippen LogP contribution in [0.4, 0.5) is 0 Å². The van der Waals surface area contributed by atoms with E-state index in [0.717, 1.165) is 64.2 Å². The van der Waals surface area contributed by atoms with Crippen LogP contribution in [0.15, 0.2) is 24.8 Å². The highest BCUT2D eigenvalue weighted by Gasteiger charge is 2.44. The van der Waals surface area contributed by atoms with Crippen molar-refractivity contribution in [1.29, 1.82) is 0 Å². The lowest BCUT2D eigenvalue weighted by Gasteiger charge is -2.39. The Kier molecular flexibility index (Phi) is 32.2. The third kappa shape index (κ3) is 26.6. The molecule has 0 aromatic rings. The third-order valence-electron chi connectivity index (χ3n) is 9.96. The van der Waals surface area contributed by atoms with Crippen molar-refractivity contribution in [3.63, 3.8) is 0 Å². The van der Waals surface area contributed by atoms with Crippen LogP contribution >= 0.6 is 0 Å². The highest BCUT2D eigenvalue weighted by molar-refractivity contribution is 5.70. The zero-order chi connectivity index (χ0) is 38.8. The Morgan fingerprint density at radius 1 is 0.623 bits per heavy atom. The number of allylic oxidation sites excluding steroid dienone is 3. The summed E-state index contributed by atoms with van der Waals surface area (Å²) in [7, 11) is 0. The second-order valence-electron chi connectivity index (χ2n) is 14.9. The molecule has 0 aromatic heterocycles. The maximum Gasteiger partial charge on any atom is 0.306 e. The van der Waals surface area contributed by atoms with E-state index in [-0.39, 0.29) is 32.0 Å². The summed E-state index contributed by atoms with van der Waals surface area (Å²) in [5, 5.41) is 40.0. The minimum atomic E-state index is -1.59. The van der Waals surface area contributed by atoms with Gasteiger partial charge in [0, 0.05) is 12.8 Å². The van der Waals surface area contributed by atoms with Crippen LogP contribution < -0.4 is 0 Å². The Labute approximate surface area is 322 Å². The lowest BCUT2D eigenvalue weighted by molar-refractivity contribution is -0.305. The first-order valence-corrected chi connectivity index (χ1v) is 21.4. The maximum atomic E-state index is 12.7. The predicted octanol–water partition coefficient (Wildman–Crippen LogP) is 8.55. The molecule has 2 unspecified atom stereocenters. The first kappa shape index (κ1) is 49.2. The topological polar surface area (TPSA) is 152 Å². The van der Waals surface area contributed by atoms with Gasteiger partial charge in [-0.15, -0.1) is 6.58 Å². The minimum absolute atomic E-state index is 0.219. The Bertz CT molecular complexity index is 910. The molecule has 1 rings (SSSR count). The normalized spacial score (nSPS) is 20.8. The lowest BCUT2D eigenvalue weighted by Crippen LogP contribution is -2.59. The van der Waals surface area contributed by atoms with E-state index >= 15 is 0 Å². The summed E-state index contributed by atoms with van der Waals surface area (Å²) >= 11 is 0. The van der Waals surface area contributed by atoms with Gasteiger partial charge in [0.25, 0.3) is 0 Å². The van der Waals surface area contributed by atoms with E-state index in [0.29, 0.717) is 6.42 Å². The van der Waals surface area contributed by atoms with Crippen molar-refractivity contribution in [2.75, 3.05) is 19.8 Å². The van der Waals surface area contributed by atoms with Crippen LogP contribution in [0.5, 0.6) is 0 Å². The highest BCUT2D eigenvalue weighted by Crippen LogP contribution is 2.22. The first-order valence-electron chi connectivity index (χ1n) is 21.4. The summed E-state index contributed by atoms with van der Waals surface area (Å²) in [6.07, 6.45) is 27.9. The van der Waals surface area contributed by atoms with Crippen molar-refractivity contribution in [2.45, 2.75) is 217 Å². The van der Waals surface area contributed by atoms with Gasteiger partial charge >= 0.3 is 11.9 Å². The summed E-state index contributed by atoms with van der Waals surface area (Å²) in [5.41, 5.74) is 0. The molecule has 6 atom stereocenters. The van der Waals surface area contributed by atoms with Crippen molar-refractivity contribution in [3.05, 3.63) is 24.8 Å². The van der Waals surface area contributed by atoms with Crippen molar-refractivity contribution in [2.24, 2.45) is 0 Å². The SMILES string of the molecule is C=CCCCCCCCCCCCCCCCC(=O)OC[C@@H](CO[C@H]1O[C@@H](CO)[C@@H](O)C(O)C1O)OC(=O)CCCCCCC/C=C/CCCCCC. The van der Waals surface area contributed by atoms with Crippen molar-refractivity contribution >= 4 is 11.9 Å². The summed E-state index contributed by atoms with van der Waals surface area (Å²) in [5.74, 6) is -0.816. The van der Waals surface area contributed by atoms with Crippen LogP contribution in [0, 0.1) is 0 Å². The van der Waals surface area contributed by atoms with Crippen LogP contribution in [-0.2, 0) is 28.5 Å². The number of carbonyl (C=O) groups excluding carboxylic acids is 2. The van der Waals surface area contributed by atoms with Gasteiger partial charge in [0.05, 0.1) is 13.2 Å². The fourth-order valence-electron chi connectivity index (χ4n) is 6.52. The van der Waals surface area contributed by atoms with E-state index in [4.69, 9.17) is 18.9 Å². The molecule has 0 spiro atoms. The number of unbranched alkanes of at least 4 members (excludes halogenated alkanes) is 22. The van der Waals surface area contributed by atoms with E-state index in [1.165, 1.54) is 89.9 Å². The molecule has 4 N–H and O–H groups in total. The molecule has 0 amide bonds. The average molecular weight is 755 g/mol. The Morgan fingerprint density at radius 3 is 1.60 bits per heavy atom. The van der Waals surface area contributed by atoms with Gasteiger partial charge in [-0.1, -0.05) is 134 Å².